The van der Waals surface area contributed by atoms with Gasteiger partial charge in [-0.2, -0.15) is 0 Å². The molecule has 0 aromatic heterocycles. The Balaban J connectivity index is 2.53. The van der Waals surface area contributed by atoms with Gasteiger partial charge in [0.1, 0.15) is 0 Å². The van der Waals surface area contributed by atoms with Crippen molar-refractivity contribution in [1.29, 1.82) is 0 Å². The minimum absolute atomic E-state index is 0.492. The Morgan fingerprint density at radius 1 is 1.23 bits per heavy atom. The van der Waals surface area contributed by atoms with E-state index in [0.29, 0.717) is 11.5 Å². The second-order valence-electron chi connectivity index (χ2n) is 4.86. The highest BCUT2D eigenvalue weighted by Crippen LogP contribution is 2.43. The third-order valence-corrected chi connectivity index (χ3v) is 3.54. The van der Waals surface area contributed by atoms with E-state index in [4.69, 9.17) is 5.73 Å². The van der Waals surface area contributed by atoms with E-state index in [9.17, 15) is 0 Å². The maximum absolute atomic E-state index is 6.07. The summed E-state index contributed by atoms with van der Waals surface area (Å²) in [5.74, 6) is 0. The van der Waals surface area contributed by atoms with Crippen LogP contribution in [0.3, 0.4) is 0 Å². The first-order valence-electron chi connectivity index (χ1n) is 5.98. The predicted molar refractivity (Wildman–Crippen MR) is 58.7 cm³/mol. The van der Waals surface area contributed by atoms with Crippen molar-refractivity contribution in [3.05, 3.63) is 0 Å². The second-order valence-corrected chi connectivity index (χ2v) is 4.86. The van der Waals surface area contributed by atoms with Gasteiger partial charge in [0.05, 0.1) is 0 Å². The number of rotatable bonds is 4. The van der Waals surface area contributed by atoms with Crippen LogP contribution in [0.1, 0.15) is 65.2 Å². The number of hydrogen-bond acceptors (Lipinski definition) is 1. The molecule has 2 N–H and O–H groups in total. The average molecular weight is 183 g/mol. The fourth-order valence-corrected chi connectivity index (χ4v) is 3.14. The Morgan fingerprint density at radius 2 is 1.85 bits per heavy atom. The van der Waals surface area contributed by atoms with Crippen molar-refractivity contribution >= 4 is 0 Å². The molecule has 1 heteroatoms. The Labute approximate surface area is 83.1 Å². The standard InChI is InChI=1S/C12H25N/c1-3-7-12(8-4-2)9-5-6-11(13)10-12/h11H,3-10,13H2,1-2H3. The van der Waals surface area contributed by atoms with Gasteiger partial charge in [0.25, 0.3) is 0 Å². The van der Waals surface area contributed by atoms with Gasteiger partial charge in [-0.05, 0) is 37.5 Å². The van der Waals surface area contributed by atoms with Gasteiger partial charge in [0.2, 0.25) is 0 Å². The smallest absolute Gasteiger partial charge is 0.00441 e. The van der Waals surface area contributed by atoms with Gasteiger partial charge in [0.15, 0.2) is 0 Å². The minimum Gasteiger partial charge on any atom is -0.328 e. The molecule has 1 nitrogen and oxygen atoms in total. The highest BCUT2D eigenvalue weighted by atomic mass is 14.7. The zero-order chi connectivity index (χ0) is 9.73. The summed E-state index contributed by atoms with van der Waals surface area (Å²) in [6.07, 6.45) is 10.8. The van der Waals surface area contributed by atoms with Crippen molar-refractivity contribution in [2.45, 2.75) is 71.3 Å². The van der Waals surface area contributed by atoms with Crippen LogP contribution < -0.4 is 5.73 Å². The van der Waals surface area contributed by atoms with Gasteiger partial charge in [-0.15, -0.1) is 0 Å². The molecule has 0 aromatic rings. The Kier molecular flexibility index (Phi) is 4.24. The van der Waals surface area contributed by atoms with E-state index in [0.717, 1.165) is 0 Å². The zero-order valence-electron chi connectivity index (χ0n) is 9.31. The Morgan fingerprint density at radius 3 is 2.31 bits per heavy atom. The van der Waals surface area contributed by atoms with Gasteiger partial charge >= 0.3 is 0 Å². The largest absolute Gasteiger partial charge is 0.328 e. The van der Waals surface area contributed by atoms with E-state index in [-0.39, 0.29) is 0 Å². The summed E-state index contributed by atoms with van der Waals surface area (Å²) >= 11 is 0. The molecule has 0 saturated heterocycles. The molecule has 13 heavy (non-hydrogen) atoms. The molecule has 0 spiro atoms. The second kappa shape index (κ2) is 4.99. The lowest BCUT2D eigenvalue weighted by Crippen LogP contribution is -2.36. The van der Waals surface area contributed by atoms with Crippen LogP contribution in [0.15, 0.2) is 0 Å². The molecule has 0 heterocycles. The van der Waals surface area contributed by atoms with Crippen molar-refractivity contribution in [2.24, 2.45) is 11.1 Å². The van der Waals surface area contributed by atoms with E-state index in [1.165, 1.54) is 51.4 Å². The Bertz CT molecular complexity index is 131. The van der Waals surface area contributed by atoms with Crippen LogP contribution in [0.25, 0.3) is 0 Å². The Hall–Kier alpha value is -0.0400. The first-order valence-corrected chi connectivity index (χ1v) is 5.98. The summed E-state index contributed by atoms with van der Waals surface area (Å²) in [5.41, 5.74) is 6.70. The molecule has 78 valence electrons. The molecule has 0 amide bonds. The summed E-state index contributed by atoms with van der Waals surface area (Å²) in [6.45, 7) is 4.61. The lowest BCUT2D eigenvalue weighted by Gasteiger charge is -2.40. The third-order valence-electron chi connectivity index (χ3n) is 3.54. The average Bonchev–Trinajstić information content (AvgIpc) is 2.04. The van der Waals surface area contributed by atoms with Crippen LogP contribution in [0.5, 0.6) is 0 Å². The summed E-state index contributed by atoms with van der Waals surface area (Å²) in [7, 11) is 0. The van der Waals surface area contributed by atoms with Crippen LogP contribution in [0.2, 0.25) is 0 Å². The van der Waals surface area contributed by atoms with E-state index in [1.807, 2.05) is 0 Å². The lowest BCUT2D eigenvalue weighted by molar-refractivity contribution is 0.139. The highest BCUT2D eigenvalue weighted by molar-refractivity contribution is 4.87. The molecule has 0 aromatic carbocycles. The fourth-order valence-electron chi connectivity index (χ4n) is 3.14. The summed E-state index contributed by atoms with van der Waals surface area (Å²) in [5, 5.41) is 0. The molecule has 1 aliphatic carbocycles. The minimum atomic E-state index is 0.492. The first-order chi connectivity index (χ1) is 6.22. The van der Waals surface area contributed by atoms with Crippen molar-refractivity contribution in [2.75, 3.05) is 0 Å². The molecule has 1 saturated carbocycles. The highest BCUT2D eigenvalue weighted by Gasteiger charge is 2.33. The molecule has 0 bridgehead atoms. The fraction of sp³-hybridized carbons (Fsp3) is 1.00. The monoisotopic (exact) mass is 183 g/mol. The number of nitrogens with two attached hydrogens (primary N) is 1. The van der Waals surface area contributed by atoms with Gasteiger partial charge < -0.3 is 5.73 Å². The topological polar surface area (TPSA) is 26.0 Å². The van der Waals surface area contributed by atoms with Gasteiger partial charge in [-0.25, -0.2) is 0 Å². The van der Waals surface area contributed by atoms with Crippen LogP contribution in [-0.4, -0.2) is 6.04 Å². The van der Waals surface area contributed by atoms with Crippen LogP contribution >= 0.6 is 0 Å². The maximum Gasteiger partial charge on any atom is 0.00441 e. The van der Waals surface area contributed by atoms with E-state index in [1.54, 1.807) is 0 Å². The number of hydrogen-bond donors (Lipinski definition) is 1. The summed E-state index contributed by atoms with van der Waals surface area (Å²) in [6, 6.07) is 0.492. The molecule has 1 unspecified atom stereocenters. The van der Waals surface area contributed by atoms with Gasteiger partial charge in [0, 0.05) is 6.04 Å². The SMILES string of the molecule is CCCC1(CCC)CCCC(N)C1. The molecular formula is C12H25N. The molecular weight excluding hydrogens is 158 g/mol. The van der Waals surface area contributed by atoms with Crippen LogP contribution in [-0.2, 0) is 0 Å². The quantitative estimate of drug-likeness (QED) is 0.709. The van der Waals surface area contributed by atoms with Crippen molar-refractivity contribution in [3.8, 4) is 0 Å². The normalized spacial score (nSPS) is 27.5. The lowest BCUT2D eigenvalue weighted by atomic mass is 9.67. The molecule has 0 radical (unpaired) electrons. The van der Waals surface area contributed by atoms with Crippen molar-refractivity contribution < 1.29 is 0 Å². The van der Waals surface area contributed by atoms with Gasteiger partial charge in [-0.3, -0.25) is 0 Å². The molecule has 1 rings (SSSR count). The molecule has 1 aliphatic rings. The van der Waals surface area contributed by atoms with Crippen molar-refractivity contribution in [3.63, 3.8) is 0 Å². The first kappa shape index (κ1) is 11.0. The summed E-state index contributed by atoms with van der Waals surface area (Å²) < 4.78 is 0. The summed E-state index contributed by atoms with van der Waals surface area (Å²) in [4.78, 5) is 0. The van der Waals surface area contributed by atoms with E-state index in [2.05, 4.69) is 13.8 Å². The maximum atomic E-state index is 6.07. The van der Waals surface area contributed by atoms with E-state index < -0.39 is 0 Å². The van der Waals surface area contributed by atoms with Gasteiger partial charge in [-0.1, -0.05) is 33.1 Å². The molecule has 1 atom stereocenters. The molecule has 0 aliphatic heterocycles. The zero-order valence-corrected chi connectivity index (χ0v) is 9.31. The third kappa shape index (κ3) is 2.98. The van der Waals surface area contributed by atoms with Crippen LogP contribution in [0.4, 0.5) is 0 Å². The van der Waals surface area contributed by atoms with Crippen LogP contribution in [0, 0.1) is 5.41 Å². The predicted octanol–water partition coefficient (Wildman–Crippen LogP) is 3.47. The van der Waals surface area contributed by atoms with Crippen molar-refractivity contribution in [1.82, 2.24) is 0 Å². The van der Waals surface area contributed by atoms with E-state index >= 15 is 0 Å². The molecule has 1 fully saturated rings.